The van der Waals surface area contributed by atoms with E-state index >= 15 is 0 Å². The lowest BCUT2D eigenvalue weighted by Crippen LogP contribution is -2.14. The van der Waals surface area contributed by atoms with Crippen LogP contribution in [0, 0.1) is 0 Å². The zero-order chi connectivity index (χ0) is 16.7. The summed E-state index contributed by atoms with van der Waals surface area (Å²) in [4.78, 5) is 12.0. The molecule has 0 aliphatic heterocycles. The Labute approximate surface area is 133 Å². The maximum atomic E-state index is 12.0. The van der Waals surface area contributed by atoms with Gasteiger partial charge in [0.15, 0.2) is 0 Å². The lowest BCUT2D eigenvalue weighted by atomic mass is 10.1. The van der Waals surface area contributed by atoms with Crippen molar-refractivity contribution in [3.8, 4) is 11.5 Å². The van der Waals surface area contributed by atoms with Gasteiger partial charge in [-0.1, -0.05) is 12.1 Å². The highest BCUT2D eigenvalue weighted by atomic mass is 19.3. The van der Waals surface area contributed by atoms with Gasteiger partial charge in [-0.15, -0.1) is 0 Å². The molecule has 0 heterocycles. The van der Waals surface area contributed by atoms with Gasteiger partial charge < -0.3 is 14.8 Å². The van der Waals surface area contributed by atoms with Gasteiger partial charge in [0, 0.05) is 5.69 Å². The quantitative estimate of drug-likeness (QED) is 0.842. The highest BCUT2D eigenvalue weighted by Gasteiger charge is 2.07. The number of rotatable bonds is 7. The first-order chi connectivity index (χ1) is 11.1. The lowest BCUT2D eigenvalue weighted by Gasteiger charge is -2.08. The van der Waals surface area contributed by atoms with E-state index < -0.39 is 6.61 Å². The number of amides is 1. The molecule has 0 saturated heterocycles. The van der Waals surface area contributed by atoms with E-state index in [1.807, 2.05) is 31.2 Å². The standard InChI is InChI=1S/C17H17F2NO3/c1-2-22-14-7-3-12(4-8-14)11-16(21)20-13-5-9-15(10-6-13)23-17(18)19/h3-10,17H,2,11H2,1H3,(H,20,21). The minimum absolute atomic E-state index is 0.0458. The smallest absolute Gasteiger partial charge is 0.387 e. The molecule has 2 aromatic carbocycles. The Bertz CT molecular complexity index is 627. The summed E-state index contributed by atoms with van der Waals surface area (Å²) in [6.07, 6.45) is 0.210. The summed E-state index contributed by atoms with van der Waals surface area (Å²) in [6.45, 7) is -0.375. The number of alkyl halides is 2. The molecule has 0 aliphatic carbocycles. The van der Waals surface area contributed by atoms with Crippen LogP contribution in [0.4, 0.5) is 14.5 Å². The van der Waals surface area contributed by atoms with Crippen LogP contribution in [0.15, 0.2) is 48.5 Å². The predicted octanol–water partition coefficient (Wildman–Crippen LogP) is 3.87. The number of ether oxygens (including phenoxy) is 2. The van der Waals surface area contributed by atoms with E-state index in [0.717, 1.165) is 11.3 Å². The molecule has 0 bridgehead atoms. The maximum Gasteiger partial charge on any atom is 0.387 e. The first kappa shape index (κ1) is 16.7. The van der Waals surface area contributed by atoms with Gasteiger partial charge >= 0.3 is 6.61 Å². The first-order valence-electron chi connectivity index (χ1n) is 7.13. The third-order valence-electron chi connectivity index (χ3n) is 2.96. The number of halogens is 2. The second-order valence-corrected chi connectivity index (χ2v) is 4.70. The van der Waals surface area contributed by atoms with Gasteiger partial charge in [-0.05, 0) is 48.9 Å². The molecule has 4 nitrogen and oxygen atoms in total. The molecule has 1 amide bonds. The van der Waals surface area contributed by atoms with Gasteiger partial charge in [-0.3, -0.25) is 4.79 Å². The Morgan fingerprint density at radius 3 is 2.22 bits per heavy atom. The fourth-order valence-electron chi connectivity index (χ4n) is 1.98. The SMILES string of the molecule is CCOc1ccc(CC(=O)Nc2ccc(OC(F)F)cc2)cc1. The largest absolute Gasteiger partial charge is 0.494 e. The van der Waals surface area contributed by atoms with Crippen LogP contribution in [0.3, 0.4) is 0 Å². The van der Waals surface area contributed by atoms with Crippen molar-refractivity contribution < 1.29 is 23.0 Å². The van der Waals surface area contributed by atoms with Crippen LogP contribution < -0.4 is 14.8 Å². The molecule has 0 fully saturated rings. The molecule has 1 N–H and O–H groups in total. The fraction of sp³-hybridized carbons (Fsp3) is 0.235. The molecule has 0 spiro atoms. The number of nitrogens with one attached hydrogen (secondary N) is 1. The molecule has 6 heteroatoms. The van der Waals surface area contributed by atoms with Gasteiger partial charge in [0.2, 0.25) is 5.91 Å². The molecule has 0 radical (unpaired) electrons. The number of anilines is 1. The van der Waals surface area contributed by atoms with Crippen molar-refractivity contribution in [1.29, 1.82) is 0 Å². The highest BCUT2D eigenvalue weighted by molar-refractivity contribution is 5.92. The normalized spacial score (nSPS) is 10.4. The minimum atomic E-state index is -2.87. The Morgan fingerprint density at radius 2 is 1.65 bits per heavy atom. The summed E-state index contributed by atoms with van der Waals surface area (Å²) in [6, 6.07) is 13.0. The van der Waals surface area contributed by atoms with E-state index in [0.29, 0.717) is 12.3 Å². The van der Waals surface area contributed by atoms with Gasteiger partial charge in [-0.25, -0.2) is 0 Å². The third kappa shape index (κ3) is 5.58. The third-order valence-corrected chi connectivity index (χ3v) is 2.96. The Kier molecular flexibility index (Phi) is 5.91. The summed E-state index contributed by atoms with van der Waals surface area (Å²) in [5, 5.41) is 2.70. The summed E-state index contributed by atoms with van der Waals surface area (Å²) >= 11 is 0. The van der Waals surface area contributed by atoms with E-state index in [9.17, 15) is 13.6 Å². The van der Waals surface area contributed by atoms with Crippen LogP contribution in [0.5, 0.6) is 11.5 Å². The van der Waals surface area contributed by atoms with E-state index in [4.69, 9.17) is 4.74 Å². The van der Waals surface area contributed by atoms with E-state index in [1.54, 1.807) is 0 Å². The Balaban J connectivity index is 1.88. The van der Waals surface area contributed by atoms with Crippen LogP contribution in [-0.4, -0.2) is 19.1 Å². The number of benzene rings is 2. The lowest BCUT2D eigenvalue weighted by molar-refractivity contribution is -0.115. The number of carbonyl (C=O) groups excluding carboxylic acids is 1. The summed E-state index contributed by atoms with van der Waals surface area (Å²) in [5.74, 6) is 0.604. The first-order valence-corrected chi connectivity index (χ1v) is 7.13. The summed E-state index contributed by atoms with van der Waals surface area (Å²) in [5.41, 5.74) is 1.37. The second-order valence-electron chi connectivity index (χ2n) is 4.70. The molecule has 2 rings (SSSR count). The van der Waals surface area contributed by atoms with Gasteiger partial charge in [-0.2, -0.15) is 8.78 Å². The number of hydrogen-bond acceptors (Lipinski definition) is 3. The molecule has 0 aliphatic rings. The predicted molar refractivity (Wildman–Crippen MR) is 83.0 cm³/mol. The zero-order valence-electron chi connectivity index (χ0n) is 12.6. The Morgan fingerprint density at radius 1 is 1.04 bits per heavy atom. The number of carbonyl (C=O) groups is 1. The molecular weight excluding hydrogens is 304 g/mol. The van der Waals surface area contributed by atoms with E-state index in [2.05, 4.69) is 10.1 Å². The van der Waals surface area contributed by atoms with Crippen molar-refractivity contribution in [2.75, 3.05) is 11.9 Å². The van der Waals surface area contributed by atoms with Gasteiger partial charge in [0.1, 0.15) is 11.5 Å². The molecular formula is C17H17F2NO3. The molecule has 0 aromatic heterocycles. The molecule has 2 aromatic rings. The Hall–Kier alpha value is -2.63. The number of hydrogen-bond donors (Lipinski definition) is 1. The average molecular weight is 321 g/mol. The fourth-order valence-corrected chi connectivity index (χ4v) is 1.98. The highest BCUT2D eigenvalue weighted by Crippen LogP contribution is 2.18. The van der Waals surface area contributed by atoms with E-state index in [1.165, 1.54) is 24.3 Å². The molecule has 122 valence electrons. The van der Waals surface area contributed by atoms with Crippen molar-refractivity contribution in [2.45, 2.75) is 20.0 Å². The van der Waals surface area contributed by atoms with Gasteiger partial charge in [0.25, 0.3) is 0 Å². The van der Waals surface area contributed by atoms with Crippen LogP contribution in [0.25, 0.3) is 0 Å². The topological polar surface area (TPSA) is 47.6 Å². The van der Waals surface area contributed by atoms with Gasteiger partial charge in [0.05, 0.1) is 13.0 Å². The second kappa shape index (κ2) is 8.12. The molecule has 0 saturated carbocycles. The monoisotopic (exact) mass is 321 g/mol. The molecule has 0 atom stereocenters. The van der Waals surface area contributed by atoms with Crippen molar-refractivity contribution >= 4 is 11.6 Å². The van der Waals surface area contributed by atoms with Crippen molar-refractivity contribution in [2.24, 2.45) is 0 Å². The summed E-state index contributed by atoms with van der Waals surface area (Å²) in [7, 11) is 0. The average Bonchev–Trinajstić information content (AvgIpc) is 2.51. The van der Waals surface area contributed by atoms with Crippen molar-refractivity contribution in [1.82, 2.24) is 0 Å². The zero-order valence-corrected chi connectivity index (χ0v) is 12.6. The van der Waals surface area contributed by atoms with Crippen molar-refractivity contribution in [3.05, 3.63) is 54.1 Å². The van der Waals surface area contributed by atoms with Crippen LogP contribution in [-0.2, 0) is 11.2 Å². The van der Waals surface area contributed by atoms with Crippen LogP contribution in [0.1, 0.15) is 12.5 Å². The minimum Gasteiger partial charge on any atom is -0.494 e. The molecule has 23 heavy (non-hydrogen) atoms. The van der Waals surface area contributed by atoms with Crippen molar-refractivity contribution in [3.63, 3.8) is 0 Å². The molecule has 0 unspecified atom stereocenters. The maximum absolute atomic E-state index is 12.0. The van der Waals surface area contributed by atoms with E-state index in [-0.39, 0.29) is 18.1 Å². The van der Waals surface area contributed by atoms with Crippen LogP contribution >= 0.6 is 0 Å². The van der Waals surface area contributed by atoms with Crippen LogP contribution in [0.2, 0.25) is 0 Å². The summed E-state index contributed by atoms with van der Waals surface area (Å²) < 4.78 is 33.7.